The number of ether oxygens (including phenoxy) is 1. The number of hydrogen-bond donors (Lipinski definition) is 1. The van der Waals surface area contributed by atoms with Gasteiger partial charge in [0.1, 0.15) is 6.61 Å². The van der Waals surface area contributed by atoms with Gasteiger partial charge in [0.05, 0.1) is 0 Å². The lowest BCUT2D eigenvalue weighted by atomic mass is 10.1. The Hall–Kier alpha value is -1.36. The molecule has 1 aromatic heterocycles. The Morgan fingerprint density at radius 1 is 1.65 bits per heavy atom. The molecule has 0 spiro atoms. The average molecular weight is 238 g/mol. The molecule has 1 N–H and O–H groups in total. The topological polar surface area (TPSA) is 64.4 Å². The SMILES string of the molecule is COCc1cc(C(=O)NC2CCC(C)C2)no1. The smallest absolute Gasteiger partial charge is 0.273 e. The number of carbonyl (C=O) groups is 1. The lowest BCUT2D eigenvalue weighted by Gasteiger charge is -2.10. The van der Waals surface area contributed by atoms with Gasteiger partial charge in [0.15, 0.2) is 11.5 Å². The fourth-order valence-corrected chi connectivity index (χ4v) is 2.23. The van der Waals surface area contributed by atoms with E-state index >= 15 is 0 Å². The molecule has 0 radical (unpaired) electrons. The minimum atomic E-state index is -0.157. The maximum Gasteiger partial charge on any atom is 0.273 e. The van der Waals surface area contributed by atoms with Crippen LogP contribution in [0.1, 0.15) is 42.4 Å². The van der Waals surface area contributed by atoms with Crippen molar-refractivity contribution < 1.29 is 14.1 Å². The minimum absolute atomic E-state index is 0.157. The van der Waals surface area contributed by atoms with Gasteiger partial charge in [0.2, 0.25) is 0 Å². The minimum Gasteiger partial charge on any atom is -0.377 e. The number of aromatic nitrogens is 1. The Morgan fingerprint density at radius 2 is 2.47 bits per heavy atom. The lowest BCUT2D eigenvalue weighted by Crippen LogP contribution is -2.33. The van der Waals surface area contributed by atoms with Crippen LogP contribution in [0.15, 0.2) is 10.6 Å². The molecular weight excluding hydrogens is 220 g/mol. The molecule has 1 amide bonds. The van der Waals surface area contributed by atoms with E-state index in [-0.39, 0.29) is 11.9 Å². The van der Waals surface area contributed by atoms with Crippen LogP contribution in [0.3, 0.4) is 0 Å². The summed E-state index contributed by atoms with van der Waals surface area (Å²) >= 11 is 0. The van der Waals surface area contributed by atoms with Gasteiger partial charge in [-0.25, -0.2) is 0 Å². The zero-order chi connectivity index (χ0) is 12.3. The van der Waals surface area contributed by atoms with Crippen molar-refractivity contribution in [3.05, 3.63) is 17.5 Å². The van der Waals surface area contributed by atoms with E-state index in [9.17, 15) is 4.79 Å². The van der Waals surface area contributed by atoms with Crippen molar-refractivity contribution in [3.8, 4) is 0 Å². The maximum absolute atomic E-state index is 11.9. The predicted octanol–water partition coefficient (Wildman–Crippen LogP) is 1.74. The van der Waals surface area contributed by atoms with E-state index in [0.717, 1.165) is 12.8 Å². The van der Waals surface area contributed by atoms with E-state index < -0.39 is 0 Å². The predicted molar refractivity (Wildman–Crippen MR) is 61.5 cm³/mol. The fraction of sp³-hybridized carbons (Fsp3) is 0.667. The number of nitrogens with zero attached hydrogens (tertiary/aromatic N) is 1. The lowest BCUT2D eigenvalue weighted by molar-refractivity contribution is 0.0927. The standard InChI is InChI=1S/C12H18N2O3/c1-8-3-4-9(5-8)13-12(15)11-6-10(7-16-2)17-14-11/h6,8-9H,3-5,7H2,1-2H3,(H,13,15). The Kier molecular flexibility index (Phi) is 3.78. The Morgan fingerprint density at radius 3 is 3.12 bits per heavy atom. The Labute approximate surface area is 101 Å². The van der Waals surface area contributed by atoms with Crippen molar-refractivity contribution in [2.75, 3.05) is 7.11 Å². The molecule has 5 heteroatoms. The molecule has 94 valence electrons. The molecule has 1 heterocycles. The maximum atomic E-state index is 11.9. The van der Waals surface area contributed by atoms with E-state index in [1.807, 2.05) is 0 Å². The molecule has 2 rings (SSSR count). The van der Waals surface area contributed by atoms with Crippen LogP contribution in [-0.4, -0.2) is 24.2 Å². The first kappa shape index (κ1) is 12.1. The largest absolute Gasteiger partial charge is 0.377 e. The van der Waals surface area contributed by atoms with Crippen LogP contribution in [0.2, 0.25) is 0 Å². The van der Waals surface area contributed by atoms with Crippen LogP contribution in [0.5, 0.6) is 0 Å². The highest BCUT2D eigenvalue weighted by Crippen LogP contribution is 2.24. The first-order valence-corrected chi connectivity index (χ1v) is 5.94. The molecule has 2 unspecified atom stereocenters. The summed E-state index contributed by atoms with van der Waals surface area (Å²) in [5.74, 6) is 1.11. The number of nitrogens with one attached hydrogen (secondary N) is 1. The molecule has 0 bridgehead atoms. The van der Waals surface area contributed by atoms with Crippen molar-refractivity contribution in [1.82, 2.24) is 10.5 Å². The van der Waals surface area contributed by atoms with Crippen LogP contribution in [0.25, 0.3) is 0 Å². The summed E-state index contributed by atoms with van der Waals surface area (Å²) < 4.78 is 9.88. The average Bonchev–Trinajstić information content (AvgIpc) is 2.88. The number of hydrogen-bond acceptors (Lipinski definition) is 4. The number of carbonyl (C=O) groups excluding carboxylic acids is 1. The highest BCUT2D eigenvalue weighted by Gasteiger charge is 2.24. The highest BCUT2D eigenvalue weighted by atomic mass is 16.5. The van der Waals surface area contributed by atoms with Gasteiger partial charge in [-0.15, -0.1) is 0 Å². The second-order valence-corrected chi connectivity index (χ2v) is 4.70. The van der Waals surface area contributed by atoms with E-state index in [1.54, 1.807) is 13.2 Å². The van der Waals surface area contributed by atoms with E-state index in [0.29, 0.717) is 24.0 Å². The van der Waals surface area contributed by atoms with E-state index in [1.165, 1.54) is 6.42 Å². The van der Waals surface area contributed by atoms with E-state index in [4.69, 9.17) is 9.26 Å². The second kappa shape index (κ2) is 5.31. The molecule has 1 saturated carbocycles. The van der Waals surface area contributed by atoms with E-state index in [2.05, 4.69) is 17.4 Å². The summed E-state index contributed by atoms with van der Waals surface area (Å²) in [6, 6.07) is 1.90. The third-order valence-corrected chi connectivity index (χ3v) is 3.11. The van der Waals surface area contributed by atoms with Gasteiger partial charge in [-0.2, -0.15) is 0 Å². The normalized spacial score (nSPS) is 23.9. The molecule has 1 aliphatic rings. The third kappa shape index (κ3) is 3.06. The molecule has 5 nitrogen and oxygen atoms in total. The van der Waals surface area contributed by atoms with Gasteiger partial charge in [0, 0.05) is 19.2 Å². The first-order valence-electron chi connectivity index (χ1n) is 5.94. The van der Waals surface area contributed by atoms with Crippen molar-refractivity contribution in [3.63, 3.8) is 0 Å². The zero-order valence-electron chi connectivity index (χ0n) is 10.2. The van der Waals surface area contributed by atoms with Gasteiger partial charge in [-0.05, 0) is 25.2 Å². The van der Waals surface area contributed by atoms with Gasteiger partial charge in [-0.1, -0.05) is 12.1 Å². The summed E-state index contributed by atoms with van der Waals surface area (Å²) in [7, 11) is 1.57. The van der Waals surface area contributed by atoms with Gasteiger partial charge >= 0.3 is 0 Å². The molecule has 1 aliphatic carbocycles. The fourth-order valence-electron chi connectivity index (χ4n) is 2.23. The highest BCUT2D eigenvalue weighted by molar-refractivity contribution is 5.92. The van der Waals surface area contributed by atoms with Crippen LogP contribution in [-0.2, 0) is 11.3 Å². The van der Waals surface area contributed by atoms with Gasteiger partial charge in [0.25, 0.3) is 5.91 Å². The van der Waals surface area contributed by atoms with Crippen molar-refractivity contribution in [2.24, 2.45) is 5.92 Å². The first-order chi connectivity index (χ1) is 8.19. The molecule has 2 atom stereocenters. The molecule has 0 aliphatic heterocycles. The molecule has 0 saturated heterocycles. The van der Waals surface area contributed by atoms with Crippen LogP contribution >= 0.6 is 0 Å². The van der Waals surface area contributed by atoms with Crippen LogP contribution in [0, 0.1) is 5.92 Å². The van der Waals surface area contributed by atoms with Crippen LogP contribution < -0.4 is 5.32 Å². The summed E-state index contributed by atoms with van der Waals surface area (Å²) in [6.45, 7) is 2.54. The quantitative estimate of drug-likeness (QED) is 0.867. The monoisotopic (exact) mass is 238 g/mol. The zero-order valence-corrected chi connectivity index (χ0v) is 10.2. The third-order valence-electron chi connectivity index (χ3n) is 3.11. The molecule has 17 heavy (non-hydrogen) atoms. The summed E-state index contributed by atoms with van der Waals surface area (Å²) in [6.07, 6.45) is 3.28. The summed E-state index contributed by atoms with van der Waals surface area (Å²) in [5.41, 5.74) is 0.330. The number of rotatable bonds is 4. The summed E-state index contributed by atoms with van der Waals surface area (Å²) in [4.78, 5) is 11.9. The number of amides is 1. The number of methoxy groups -OCH3 is 1. The molecular formula is C12H18N2O3. The van der Waals surface area contributed by atoms with Gasteiger partial charge < -0.3 is 14.6 Å². The second-order valence-electron chi connectivity index (χ2n) is 4.70. The Bertz CT molecular complexity index is 389. The van der Waals surface area contributed by atoms with Crippen molar-refractivity contribution in [2.45, 2.75) is 38.8 Å². The molecule has 1 fully saturated rings. The van der Waals surface area contributed by atoms with Gasteiger partial charge in [-0.3, -0.25) is 4.79 Å². The van der Waals surface area contributed by atoms with Crippen molar-refractivity contribution >= 4 is 5.91 Å². The molecule has 1 aromatic rings. The van der Waals surface area contributed by atoms with Crippen molar-refractivity contribution in [1.29, 1.82) is 0 Å². The molecule has 0 aromatic carbocycles. The Balaban J connectivity index is 1.90. The summed E-state index contributed by atoms with van der Waals surface area (Å²) in [5, 5.41) is 6.71. The van der Waals surface area contributed by atoms with Crippen LogP contribution in [0.4, 0.5) is 0 Å².